The lowest BCUT2D eigenvalue weighted by atomic mass is 9.96. The van der Waals surface area contributed by atoms with Crippen LogP contribution in [0.15, 0.2) is 12.1 Å². The molecule has 2 aromatic rings. The Bertz CT molecular complexity index is 631. The van der Waals surface area contributed by atoms with E-state index < -0.39 is 0 Å². The smallest absolute Gasteiger partial charge is 0.0922 e. The summed E-state index contributed by atoms with van der Waals surface area (Å²) in [4.78, 5) is 5.02. The van der Waals surface area contributed by atoms with E-state index in [1.807, 2.05) is 0 Å². The largest absolute Gasteiger partial charge is 0.340 e. The summed E-state index contributed by atoms with van der Waals surface area (Å²) >= 11 is 0. The highest BCUT2D eigenvalue weighted by Gasteiger charge is 2.24. The number of fused-ring (bicyclic) bond motifs is 1. The standard InChI is InChI=1S/C19H30N2/c1-11(2)15-9-10-16-18(20-15)17(12(3)4)19(13(5)6)21(16)14(7)8/h9-14H,1-8H3. The Hall–Kier alpha value is -1.31. The highest BCUT2D eigenvalue weighted by atomic mass is 15.0. The van der Waals surface area contributed by atoms with Crippen molar-refractivity contribution < 1.29 is 0 Å². The van der Waals surface area contributed by atoms with Gasteiger partial charge in [-0.15, -0.1) is 0 Å². The molecule has 0 spiro atoms. The Morgan fingerprint density at radius 3 is 1.86 bits per heavy atom. The molecule has 0 amide bonds. The second kappa shape index (κ2) is 5.82. The van der Waals surface area contributed by atoms with E-state index in [1.165, 1.54) is 28.0 Å². The first-order valence-corrected chi connectivity index (χ1v) is 8.30. The summed E-state index contributed by atoms with van der Waals surface area (Å²) < 4.78 is 2.49. The van der Waals surface area contributed by atoms with Gasteiger partial charge in [0, 0.05) is 23.0 Å². The van der Waals surface area contributed by atoms with Crippen molar-refractivity contribution in [2.45, 2.75) is 79.2 Å². The number of pyridine rings is 1. The van der Waals surface area contributed by atoms with E-state index in [-0.39, 0.29) is 0 Å². The van der Waals surface area contributed by atoms with E-state index in [0.717, 1.165) is 0 Å². The Balaban J connectivity index is 2.90. The van der Waals surface area contributed by atoms with Crippen molar-refractivity contribution in [1.29, 1.82) is 0 Å². The molecule has 2 heterocycles. The van der Waals surface area contributed by atoms with Gasteiger partial charge in [0.2, 0.25) is 0 Å². The Labute approximate surface area is 129 Å². The predicted molar refractivity (Wildman–Crippen MR) is 92.4 cm³/mol. The van der Waals surface area contributed by atoms with Crippen LogP contribution in [0.3, 0.4) is 0 Å². The Morgan fingerprint density at radius 2 is 1.43 bits per heavy atom. The van der Waals surface area contributed by atoms with Gasteiger partial charge in [-0.05, 0) is 43.7 Å². The predicted octanol–water partition coefficient (Wildman–Crippen LogP) is 5.99. The SMILES string of the molecule is CC(C)c1ccc2c(n1)c(C(C)C)c(C(C)C)n2C(C)C. The van der Waals surface area contributed by atoms with Crippen molar-refractivity contribution in [3.63, 3.8) is 0 Å². The third-order valence-corrected chi connectivity index (χ3v) is 4.18. The number of hydrogen-bond acceptors (Lipinski definition) is 1. The summed E-state index contributed by atoms with van der Waals surface area (Å²) in [7, 11) is 0. The van der Waals surface area contributed by atoms with Crippen molar-refractivity contribution in [3.8, 4) is 0 Å². The van der Waals surface area contributed by atoms with E-state index in [1.54, 1.807) is 0 Å². The lowest BCUT2D eigenvalue weighted by Gasteiger charge is -2.19. The van der Waals surface area contributed by atoms with Crippen LogP contribution in [0, 0.1) is 0 Å². The summed E-state index contributed by atoms with van der Waals surface area (Å²) in [6.45, 7) is 18.1. The first-order valence-electron chi connectivity index (χ1n) is 8.30. The number of rotatable bonds is 4. The fourth-order valence-corrected chi connectivity index (χ4v) is 3.28. The molecule has 116 valence electrons. The molecule has 0 aromatic carbocycles. The third kappa shape index (κ3) is 2.73. The van der Waals surface area contributed by atoms with E-state index in [0.29, 0.717) is 23.8 Å². The van der Waals surface area contributed by atoms with Crippen LogP contribution in [-0.4, -0.2) is 9.55 Å². The van der Waals surface area contributed by atoms with Crippen molar-refractivity contribution >= 4 is 11.0 Å². The number of aromatic nitrogens is 2. The molecule has 0 unspecified atom stereocenters. The van der Waals surface area contributed by atoms with Crippen molar-refractivity contribution in [2.75, 3.05) is 0 Å². The van der Waals surface area contributed by atoms with Crippen molar-refractivity contribution in [2.24, 2.45) is 0 Å². The van der Waals surface area contributed by atoms with Gasteiger partial charge in [-0.25, -0.2) is 0 Å². The first-order chi connectivity index (χ1) is 9.75. The van der Waals surface area contributed by atoms with Crippen LogP contribution < -0.4 is 0 Å². The molecule has 2 nitrogen and oxygen atoms in total. The topological polar surface area (TPSA) is 17.8 Å². The normalized spacial score (nSPS) is 12.6. The lowest BCUT2D eigenvalue weighted by molar-refractivity contribution is 0.569. The lowest BCUT2D eigenvalue weighted by Crippen LogP contribution is -2.08. The van der Waals surface area contributed by atoms with E-state index in [9.17, 15) is 0 Å². The van der Waals surface area contributed by atoms with E-state index in [4.69, 9.17) is 4.98 Å². The molecule has 0 aliphatic heterocycles. The quantitative estimate of drug-likeness (QED) is 0.675. The molecule has 0 radical (unpaired) electrons. The van der Waals surface area contributed by atoms with Crippen LogP contribution >= 0.6 is 0 Å². The van der Waals surface area contributed by atoms with Gasteiger partial charge in [-0.1, -0.05) is 41.5 Å². The van der Waals surface area contributed by atoms with Gasteiger partial charge in [-0.3, -0.25) is 4.98 Å². The molecular formula is C19H30N2. The molecular weight excluding hydrogens is 256 g/mol. The van der Waals surface area contributed by atoms with Gasteiger partial charge >= 0.3 is 0 Å². The van der Waals surface area contributed by atoms with Crippen LogP contribution in [0.5, 0.6) is 0 Å². The average molecular weight is 286 g/mol. The molecule has 2 heteroatoms. The van der Waals surface area contributed by atoms with Crippen LogP contribution in [0.1, 0.15) is 96.1 Å². The second-order valence-electron chi connectivity index (χ2n) is 7.33. The van der Waals surface area contributed by atoms with Gasteiger partial charge < -0.3 is 4.57 Å². The number of nitrogens with zero attached hydrogens (tertiary/aromatic N) is 2. The molecule has 0 saturated carbocycles. The minimum atomic E-state index is 0.462. The second-order valence-corrected chi connectivity index (χ2v) is 7.33. The molecule has 0 aliphatic carbocycles. The highest BCUT2D eigenvalue weighted by Crippen LogP contribution is 2.37. The van der Waals surface area contributed by atoms with Crippen molar-refractivity contribution in [3.05, 3.63) is 29.1 Å². The molecule has 0 N–H and O–H groups in total. The fraction of sp³-hybridized carbons (Fsp3) is 0.632. The summed E-state index contributed by atoms with van der Waals surface area (Å²) in [5.41, 5.74) is 6.61. The molecule has 0 atom stereocenters. The molecule has 21 heavy (non-hydrogen) atoms. The first kappa shape index (κ1) is 16.1. The van der Waals surface area contributed by atoms with Gasteiger partial charge in [-0.2, -0.15) is 0 Å². The zero-order valence-electron chi connectivity index (χ0n) is 14.9. The van der Waals surface area contributed by atoms with Crippen LogP contribution in [0.25, 0.3) is 11.0 Å². The molecule has 0 fully saturated rings. The van der Waals surface area contributed by atoms with Crippen LogP contribution in [-0.2, 0) is 0 Å². The van der Waals surface area contributed by atoms with E-state index >= 15 is 0 Å². The summed E-state index contributed by atoms with van der Waals surface area (Å²) in [5.74, 6) is 1.49. The summed E-state index contributed by atoms with van der Waals surface area (Å²) in [6.07, 6.45) is 0. The van der Waals surface area contributed by atoms with Gasteiger partial charge in [0.05, 0.1) is 11.0 Å². The molecule has 2 rings (SSSR count). The van der Waals surface area contributed by atoms with Crippen LogP contribution in [0.2, 0.25) is 0 Å². The summed E-state index contributed by atoms with van der Waals surface area (Å²) in [5, 5.41) is 0. The fourth-order valence-electron chi connectivity index (χ4n) is 3.28. The molecule has 0 aliphatic rings. The minimum Gasteiger partial charge on any atom is -0.340 e. The summed E-state index contributed by atoms with van der Waals surface area (Å²) in [6, 6.07) is 4.93. The zero-order valence-corrected chi connectivity index (χ0v) is 14.9. The highest BCUT2D eigenvalue weighted by molar-refractivity contribution is 5.83. The maximum Gasteiger partial charge on any atom is 0.0922 e. The van der Waals surface area contributed by atoms with E-state index in [2.05, 4.69) is 72.1 Å². The van der Waals surface area contributed by atoms with Gasteiger partial charge in [0.1, 0.15) is 0 Å². The monoisotopic (exact) mass is 286 g/mol. The Morgan fingerprint density at radius 1 is 0.810 bits per heavy atom. The zero-order chi connectivity index (χ0) is 15.9. The third-order valence-electron chi connectivity index (χ3n) is 4.18. The molecule has 0 bridgehead atoms. The minimum absolute atomic E-state index is 0.462. The van der Waals surface area contributed by atoms with Crippen LogP contribution in [0.4, 0.5) is 0 Å². The van der Waals surface area contributed by atoms with Crippen molar-refractivity contribution in [1.82, 2.24) is 9.55 Å². The number of hydrogen-bond donors (Lipinski definition) is 0. The maximum absolute atomic E-state index is 5.02. The average Bonchev–Trinajstić information content (AvgIpc) is 2.72. The molecule has 0 saturated heterocycles. The maximum atomic E-state index is 5.02. The van der Waals surface area contributed by atoms with Gasteiger partial charge in [0.25, 0.3) is 0 Å². The Kier molecular flexibility index (Phi) is 4.46. The molecule has 2 aromatic heterocycles. The van der Waals surface area contributed by atoms with Gasteiger partial charge in [0.15, 0.2) is 0 Å².